The van der Waals surface area contributed by atoms with Crippen LogP contribution in [0, 0.1) is 0 Å². The van der Waals surface area contributed by atoms with Gasteiger partial charge in [-0.1, -0.05) is 30.3 Å². The van der Waals surface area contributed by atoms with E-state index in [9.17, 15) is 4.79 Å². The first kappa shape index (κ1) is 12.8. The molecule has 1 N–H and O–H groups in total. The van der Waals surface area contributed by atoms with Crippen molar-refractivity contribution in [3.8, 4) is 11.4 Å². The molecule has 0 aliphatic carbocycles. The van der Waals surface area contributed by atoms with E-state index in [-0.39, 0.29) is 6.42 Å². The van der Waals surface area contributed by atoms with Crippen molar-refractivity contribution in [2.24, 2.45) is 7.05 Å². The highest BCUT2D eigenvalue weighted by Crippen LogP contribution is 2.25. The predicted octanol–water partition coefficient (Wildman–Crippen LogP) is 2.87. The first-order valence-electron chi connectivity index (χ1n) is 5.58. The molecule has 18 heavy (non-hydrogen) atoms. The molecule has 5 heteroatoms. The second-order valence-corrected chi connectivity index (χ2v) is 4.74. The SMILES string of the molecule is Cn1c(-c2ccccc2)nc(Br)c1CCC(=O)O. The molecule has 0 atom stereocenters. The Morgan fingerprint density at radius 3 is 2.67 bits per heavy atom. The number of hydrogen-bond acceptors (Lipinski definition) is 2. The van der Waals surface area contributed by atoms with E-state index in [0.717, 1.165) is 17.1 Å². The van der Waals surface area contributed by atoms with Gasteiger partial charge in [-0.25, -0.2) is 4.98 Å². The fourth-order valence-corrected chi connectivity index (χ4v) is 2.47. The molecule has 0 bridgehead atoms. The second kappa shape index (κ2) is 5.35. The number of halogens is 1. The van der Waals surface area contributed by atoms with Crippen LogP contribution in [-0.4, -0.2) is 20.6 Å². The number of aliphatic carboxylic acids is 1. The highest BCUT2D eigenvalue weighted by Gasteiger charge is 2.14. The molecule has 0 unspecified atom stereocenters. The molecular formula is C13H13BrN2O2. The molecular weight excluding hydrogens is 296 g/mol. The summed E-state index contributed by atoms with van der Waals surface area (Å²) in [6, 6.07) is 9.82. The zero-order valence-corrected chi connectivity index (χ0v) is 11.5. The Kier molecular flexibility index (Phi) is 3.81. The van der Waals surface area contributed by atoms with Crippen molar-refractivity contribution in [2.75, 3.05) is 0 Å². The molecule has 0 saturated carbocycles. The molecule has 1 aromatic heterocycles. The van der Waals surface area contributed by atoms with Gasteiger partial charge in [0.05, 0.1) is 12.1 Å². The van der Waals surface area contributed by atoms with Gasteiger partial charge in [-0.3, -0.25) is 4.79 Å². The van der Waals surface area contributed by atoms with Crippen molar-refractivity contribution in [2.45, 2.75) is 12.8 Å². The fourth-order valence-electron chi connectivity index (χ4n) is 1.84. The molecule has 2 rings (SSSR count). The van der Waals surface area contributed by atoms with Gasteiger partial charge in [0.15, 0.2) is 0 Å². The molecule has 0 saturated heterocycles. The number of carboxylic acids is 1. The highest BCUT2D eigenvalue weighted by atomic mass is 79.9. The number of rotatable bonds is 4. The molecule has 0 radical (unpaired) electrons. The summed E-state index contributed by atoms with van der Waals surface area (Å²) >= 11 is 3.39. The third-order valence-corrected chi connectivity index (χ3v) is 3.41. The van der Waals surface area contributed by atoms with Crippen LogP contribution in [0.4, 0.5) is 0 Å². The van der Waals surface area contributed by atoms with E-state index in [2.05, 4.69) is 20.9 Å². The topological polar surface area (TPSA) is 55.1 Å². The minimum Gasteiger partial charge on any atom is -0.481 e. The maximum Gasteiger partial charge on any atom is 0.303 e. The molecule has 0 fully saturated rings. The zero-order valence-electron chi connectivity index (χ0n) is 9.93. The van der Waals surface area contributed by atoms with Crippen molar-refractivity contribution in [1.29, 1.82) is 0 Å². The summed E-state index contributed by atoms with van der Waals surface area (Å²) in [6.45, 7) is 0. The highest BCUT2D eigenvalue weighted by molar-refractivity contribution is 9.10. The average molecular weight is 309 g/mol. The largest absolute Gasteiger partial charge is 0.481 e. The molecule has 2 aromatic rings. The van der Waals surface area contributed by atoms with Gasteiger partial charge in [0.2, 0.25) is 0 Å². The summed E-state index contributed by atoms with van der Waals surface area (Å²) < 4.78 is 2.65. The summed E-state index contributed by atoms with van der Waals surface area (Å²) in [7, 11) is 1.90. The molecule has 94 valence electrons. The summed E-state index contributed by atoms with van der Waals surface area (Å²) in [4.78, 5) is 15.1. The van der Waals surface area contributed by atoms with E-state index in [1.807, 2.05) is 41.9 Å². The van der Waals surface area contributed by atoms with Crippen LogP contribution in [0.3, 0.4) is 0 Å². The van der Waals surface area contributed by atoms with Gasteiger partial charge >= 0.3 is 5.97 Å². The number of carboxylic acid groups (broad SMARTS) is 1. The number of nitrogens with zero attached hydrogens (tertiary/aromatic N) is 2. The Morgan fingerprint density at radius 1 is 1.39 bits per heavy atom. The standard InChI is InChI=1S/C13H13BrN2O2/c1-16-10(7-8-11(17)18)12(14)15-13(16)9-5-3-2-4-6-9/h2-6H,7-8H2,1H3,(H,17,18). The minimum absolute atomic E-state index is 0.104. The van der Waals surface area contributed by atoms with Gasteiger partial charge in [-0.15, -0.1) is 0 Å². The van der Waals surface area contributed by atoms with Crippen molar-refractivity contribution in [1.82, 2.24) is 9.55 Å². The Hall–Kier alpha value is -1.62. The van der Waals surface area contributed by atoms with Gasteiger partial charge in [0, 0.05) is 19.0 Å². The van der Waals surface area contributed by atoms with E-state index in [0.29, 0.717) is 11.0 Å². The lowest BCUT2D eigenvalue weighted by Gasteiger charge is -2.05. The Bertz CT molecular complexity index is 564. The summed E-state index contributed by atoms with van der Waals surface area (Å²) in [5.74, 6) is 0.0345. The smallest absolute Gasteiger partial charge is 0.303 e. The first-order chi connectivity index (χ1) is 8.59. The Balaban J connectivity index is 2.35. The normalized spacial score (nSPS) is 10.6. The second-order valence-electron chi connectivity index (χ2n) is 3.99. The molecule has 0 amide bonds. The van der Waals surface area contributed by atoms with Crippen LogP contribution in [0.5, 0.6) is 0 Å². The summed E-state index contributed by atoms with van der Waals surface area (Å²) in [6.07, 6.45) is 0.568. The quantitative estimate of drug-likeness (QED) is 0.945. The number of benzene rings is 1. The van der Waals surface area contributed by atoms with Crippen LogP contribution in [-0.2, 0) is 18.3 Å². The number of carbonyl (C=O) groups is 1. The third-order valence-electron chi connectivity index (χ3n) is 2.77. The average Bonchev–Trinajstić information content (AvgIpc) is 2.63. The van der Waals surface area contributed by atoms with Gasteiger partial charge < -0.3 is 9.67 Å². The lowest BCUT2D eigenvalue weighted by atomic mass is 10.2. The predicted molar refractivity (Wildman–Crippen MR) is 72.3 cm³/mol. The van der Waals surface area contributed by atoms with Crippen molar-refractivity contribution in [3.63, 3.8) is 0 Å². The monoisotopic (exact) mass is 308 g/mol. The summed E-state index contributed by atoms with van der Waals surface area (Å²) in [5.41, 5.74) is 1.92. The van der Waals surface area contributed by atoms with E-state index >= 15 is 0 Å². The van der Waals surface area contributed by atoms with Gasteiger partial charge in [-0.05, 0) is 15.9 Å². The van der Waals surface area contributed by atoms with Gasteiger partial charge in [-0.2, -0.15) is 0 Å². The van der Waals surface area contributed by atoms with Crippen molar-refractivity contribution < 1.29 is 9.90 Å². The van der Waals surface area contributed by atoms with E-state index < -0.39 is 5.97 Å². The van der Waals surface area contributed by atoms with E-state index in [1.165, 1.54) is 0 Å². The van der Waals surface area contributed by atoms with Crippen LogP contribution < -0.4 is 0 Å². The van der Waals surface area contributed by atoms with E-state index in [4.69, 9.17) is 5.11 Å². The lowest BCUT2D eigenvalue weighted by Crippen LogP contribution is -2.03. The van der Waals surface area contributed by atoms with Crippen LogP contribution in [0.15, 0.2) is 34.9 Å². The molecule has 1 heterocycles. The van der Waals surface area contributed by atoms with Crippen LogP contribution in [0.2, 0.25) is 0 Å². The maximum atomic E-state index is 10.6. The zero-order chi connectivity index (χ0) is 13.1. The van der Waals surface area contributed by atoms with Gasteiger partial charge in [0.1, 0.15) is 10.4 Å². The first-order valence-corrected chi connectivity index (χ1v) is 6.37. The molecule has 0 aliphatic rings. The minimum atomic E-state index is -0.802. The van der Waals surface area contributed by atoms with Gasteiger partial charge in [0.25, 0.3) is 0 Å². The third kappa shape index (κ3) is 2.61. The van der Waals surface area contributed by atoms with Crippen LogP contribution in [0.1, 0.15) is 12.1 Å². The number of hydrogen-bond donors (Lipinski definition) is 1. The van der Waals surface area contributed by atoms with Crippen LogP contribution in [0.25, 0.3) is 11.4 Å². The van der Waals surface area contributed by atoms with E-state index in [1.54, 1.807) is 0 Å². The molecule has 1 aromatic carbocycles. The van der Waals surface area contributed by atoms with Crippen molar-refractivity contribution >= 4 is 21.9 Å². The lowest BCUT2D eigenvalue weighted by molar-refractivity contribution is -0.136. The Morgan fingerprint density at radius 2 is 2.06 bits per heavy atom. The van der Waals surface area contributed by atoms with Crippen molar-refractivity contribution in [3.05, 3.63) is 40.6 Å². The molecule has 0 aliphatic heterocycles. The molecule has 0 spiro atoms. The fraction of sp³-hybridized carbons (Fsp3) is 0.231. The molecule has 4 nitrogen and oxygen atoms in total. The van der Waals surface area contributed by atoms with Crippen LogP contribution >= 0.6 is 15.9 Å². The number of imidazole rings is 1. The maximum absolute atomic E-state index is 10.6. The number of aromatic nitrogens is 2. The summed E-state index contributed by atoms with van der Waals surface area (Å²) in [5, 5.41) is 8.74. The Labute approximate surface area is 113 Å².